The van der Waals surface area contributed by atoms with Gasteiger partial charge in [0.2, 0.25) is 0 Å². The maximum absolute atomic E-state index is 8.96. The fraction of sp³-hybridized carbons (Fsp3) is 1.00. The first-order valence-corrected chi connectivity index (χ1v) is 3.28. The van der Waals surface area contributed by atoms with Gasteiger partial charge in [0.1, 0.15) is 18.7 Å². The molecule has 0 rings (SSSR count). The summed E-state index contributed by atoms with van der Waals surface area (Å²) in [6.45, 7) is 4.46. The molecule has 3 N–H and O–H groups in total. The number of hydrogen-bond donors (Lipinski definition) is 3. The molecule has 73 valence electrons. The normalized spacial score (nSPS) is 18.8. The largest absolute Gasteiger partial charge is 0.379 e. The van der Waals surface area contributed by atoms with Gasteiger partial charge in [0, 0.05) is 22.4 Å². The second-order valence-corrected chi connectivity index (χ2v) is 2.34. The minimum atomic E-state index is -0.833. The van der Waals surface area contributed by atoms with Crippen LogP contribution in [0.1, 0.15) is 20.8 Å². The van der Waals surface area contributed by atoms with Crippen molar-refractivity contribution >= 4 is 0 Å². The van der Waals surface area contributed by atoms with Crippen molar-refractivity contribution in [3.63, 3.8) is 0 Å². The van der Waals surface area contributed by atoms with E-state index in [1.807, 2.05) is 0 Å². The van der Waals surface area contributed by atoms with Crippen LogP contribution in [0.5, 0.6) is 0 Å². The molecule has 11 heavy (non-hydrogen) atoms. The molecule has 0 bridgehead atoms. The van der Waals surface area contributed by atoms with Gasteiger partial charge in [-0.2, -0.15) is 0 Å². The van der Waals surface area contributed by atoms with Crippen LogP contribution in [0.4, 0.5) is 0 Å². The first-order chi connectivity index (χ1) is 4.46. The number of aliphatic hydroxyl groups is 3. The van der Waals surface area contributed by atoms with Gasteiger partial charge in [-0.25, -0.2) is 4.90 Å². The number of nitrogens with zero attached hydrogens (tertiary/aromatic N) is 1. The summed E-state index contributed by atoms with van der Waals surface area (Å²) in [5.41, 5.74) is 0. The minimum absolute atomic E-state index is 0. The SMILES string of the molecule is CC(O)N(C(C)O)C(C)O.[Ag]. The van der Waals surface area contributed by atoms with E-state index in [-0.39, 0.29) is 22.4 Å². The van der Waals surface area contributed by atoms with Crippen molar-refractivity contribution in [2.75, 3.05) is 0 Å². The van der Waals surface area contributed by atoms with E-state index in [1.165, 1.54) is 25.7 Å². The summed E-state index contributed by atoms with van der Waals surface area (Å²) >= 11 is 0. The number of rotatable bonds is 3. The van der Waals surface area contributed by atoms with E-state index in [0.717, 1.165) is 0 Å². The zero-order valence-electron chi connectivity index (χ0n) is 6.82. The average molecular weight is 257 g/mol. The molecular formula is C6H15AgNO3. The second kappa shape index (κ2) is 6.14. The topological polar surface area (TPSA) is 63.9 Å². The van der Waals surface area contributed by atoms with E-state index in [0.29, 0.717) is 0 Å². The second-order valence-electron chi connectivity index (χ2n) is 2.34. The first kappa shape index (κ1) is 14.1. The fourth-order valence-electron chi connectivity index (χ4n) is 0.937. The van der Waals surface area contributed by atoms with Gasteiger partial charge < -0.3 is 15.3 Å². The molecule has 0 spiro atoms. The van der Waals surface area contributed by atoms with Crippen LogP contribution in [0.25, 0.3) is 0 Å². The van der Waals surface area contributed by atoms with Crippen molar-refractivity contribution in [1.29, 1.82) is 0 Å². The third kappa shape index (κ3) is 4.92. The molecule has 3 atom stereocenters. The molecule has 0 amide bonds. The summed E-state index contributed by atoms with van der Waals surface area (Å²) in [7, 11) is 0. The van der Waals surface area contributed by atoms with Gasteiger partial charge in [-0.05, 0) is 20.8 Å². The van der Waals surface area contributed by atoms with Crippen molar-refractivity contribution in [3.05, 3.63) is 0 Å². The summed E-state index contributed by atoms with van der Waals surface area (Å²) in [4.78, 5) is 1.17. The average Bonchev–Trinajstić information content (AvgIpc) is 1.59. The van der Waals surface area contributed by atoms with Crippen LogP contribution >= 0.6 is 0 Å². The van der Waals surface area contributed by atoms with E-state index < -0.39 is 18.7 Å². The van der Waals surface area contributed by atoms with Crippen molar-refractivity contribution < 1.29 is 37.7 Å². The Morgan fingerprint density at radius 1 is 0.818 bits per heavy atom. The Bertz CT molecular complexity index is 78.8. The number of hydrogen-bond acceptors (Lipinski definition) is 4. The molecule has 0 aromatic rings. The molecule has 3 unspecified atom stereocenters. The molecule has 0 aliphatic heterocycles. The summed E-state index contributed by atoms with van der Waals surface area (Å²) in [5.74, 6) is 0. The Kier molecular flexibility index (Phi) is 7.88. The van der Waals surface area contributed by atoms with Gasteiger partial charge in [0.15, 0.2) is 0 Å². The Morgan fingerprint density at radius 3 is 1.00 bits per heavy atom. The molecule has 0 heterocycles. The van der Waals surface area contributed by atoms with Crippen LogP contribution in [0.2, 0.25) is 0 Å². The van der Waals surface area contributed by atoms with Crippen LogP contribution in [0, 0.1) is 0 Å². The molecule has 1 radical (unpaired) electrons. The van der Waals surface area contributed by atoms with Crippen molar-refractivity contribution in [3.8, 4) is 0 Å². The minimum Gasteiger partial charge on any atom is -0.379 e. The molecular weight excluding hydrogens is 242 g/mol. The Balaban J connectivity index is 0. The van der Waals surface area contributed by atoms with Gasteiger partial charge in [-0.1, -0.05) is 0 Å². The van der Waals surface area contributed by atoms with E-state index >= 15 is 0 Å². The van der Waals surface area contributed by atoms with E-state index in [1.54, 1.807) is 0 Å². The fourth-order valence-corrected chi connectivity index (χ4v) is 0.937. The monoisotopic (exact) mass is 256 g/mol. The maximum Gasteiger partial charge on any atom is 0.108 e. The molecule has 0 aliphatic carbocycles. The molecule has 0 aromatic heterocycles. The van der Waals surface area contributed by atoms with E-state index in [4.69, 9.17) is 15.3 Å². The Labute approximate surface area is 82.3 Å². The van der Waals surface area contributed by atoms with Crippen molar-refractivity contribution in [2.24, 2.45) is 0 Å². The predicted octanol–water partition coefficient (Wildman–Crippen LogP) is -0.699. The summed E-state index contributed by atoms with van der Waals surface area (Å²) in [5, 5.41) is 26.9. The third-order valence-corrected chi connectivity index (χ3v) is 1.29. The zero-order chi connectivity index (χ0) is 8.31. The molecule has 4 nitrogen and oxygen atoms in total. The molecule has 0 fully saturated rings. The molecule has 0 saturated carbocycles. The van der Waals surface area contributed by atoms with Gasteiger partial charge in [0.25, 0.3) is 0 Å². The molecule has 5 heteroatoms. The number of aliphatic hydroxyl groups excluding tert-OH is 3. The van der Waals surface area contributed by atoms with Crippen molar-refractivity contribution in [1.82, 2.24) is 4.90 Å². The quantitative estimate of drug-likeness (QED) is 0.462. The Morgan fingerprint density at radius 2 is 1.00 bits per heavy atom. The first-order valence-electron chi connectivity index (χ1n) is 3.28. The Hall–Kier alpha value is 0.580. The van der Waals surface area contributed by atoms with Crippen LogP contribution in [0.15, 0.2) is 0 Å². The van der Waals surface area contributed by atoms with E-state index in [2.05, 4.69) is 0 Å². The zero-order valence-corrected chi connectivity index (χ0v) is 8.30. The van der Waals surface area contributed by atoms with Gasteiger partial charge in [-0.15, -0.1) is 0 Å². The van der Waals surface area contributed by atoms with Gasteiger partial charge in [0.05, 0.1) is 0 Å². The smallest absolute Gasteiger partial charge is 0.108 e. The predicted molar refractivity (Wildman–Crippen MR) is 36.9 cm³/mol. The summed E-state index contributed by atoms with van der Waals surface area (Å²) in [6, 6.07) is 0. The van der Waals surface area contributed by atoms with Crippen molar-refractivity contribution in [2.45, 2.75) is 39.5 Å². The maximum atomic E-state index is 8.96. The third-order valence-electron chi connectivity index (χ3n) is 1.29. The summed E-state index contributed by atoms with van der Waals surface area (Å²) < 4.78 is 0. The van der Waals surface area contributed by atoms with E-state index in [9.17, 15) is 0 Å². The van der Waals surface area contributed by atoms with Gasteiger partial charge in [-0.3, -0.25) is 0 Å². The van der Waals surface area contributed by atoms with Gasteiger partial charge >= 0.3 is 0 Å². The molecule has 0 saturated heterocycles. The van der Waals surface area contributed by atoms with Crippen LogP contribution in [0.3, 0.4) is 0 Å². The molecule has 0 aliphatic rings. The standard InChI is InChI=1S/C6H15NO3.Ag/c1-4(8)7(5(2)9)6(3)10;/h4-6,8-10H,1-3H3;. The van der Waals surface area contributed by atoms with Crippen LogP contribution in [-0.2, 0) is 22.4 Å². The van der Waals surface area contributed by atoms with Crippen LogP contribution in [-0.4, -0.2) is 38.9 Å². The summed E-state index contributed by atoms with van der Waals surface area (Å²) in [6.07, 6.45) is -2.50. The van der Waals surface area contributed by atoms with Crippen LogP contribution < -0.4 is 0 Å². The molecule has 0 aromatic carbocycles.